The lowest BCUT2D eigenvalue weighted by Crippen LogP contribution is -2.13. The Balaban J connectivity index is 2.04. The molecule has 0 amide bonds. The van der Waals surface area contributed by atoms with Gasteiger partial charge < -0.3 is 4.74 Å². The summed E-state index contributed by atoms with van der Waals surface area (Å²) in [5.41, 5.74) is 0.814. The monoisotopic (exact) mass is 250 g/mol. The highest BCUT2D eigenvalue weighted by Crippen LogP contribution is 2.27. The molecule has 17 heavy (non-hydrogen) atoms. The zero-order valence-corrected chi connectivity index (χ0v) is 11.1. The first-order valence-electron chi connectivity index (χ1n) is 6.05. The van der Waals surface area contributed by atoms with Crippen LogP contribution >= 0.6 is 11.8 Å². The number of Topliss-reactive ketones (excluding diaryl/α,β-unsaturated/α-hetero) is 1. The Kier molecular flexibility index (Phi) is 4.11. The summed E-state index contributed by atoms with van der Waals surface area (Å²) < 4.78 is 5.56. The summed E-state index contributed by atoms with van der Waals surface area (Å²) in [6, 6.07) is 7.52. The van der Waals surface area contributed by atoms with E-state index in [-0.39, 0.29) is 17.8 Å². The second-order valence-corrected chi connectivity index (χ2v) is 5.77. The van der Waals surface area contributed by atoms with Crippen molar-refractivity contribution in [1.82, 2.24) is 0 Å². The largest absolute Gasteiger partial charge is 0.491 e. The standard InChI is InChI=1S/C14H18O2S/c1-10(2)16-13-5-3-11(4-6-13)14(15)12-7-8-17-9-12/h3-6,10,12H,7-9H2,1-2H3. The summed E-state index contributed by atoms with van der Waals surface area (Å²) in [4.78, 5) is 12.1. The molecule has 0 bridgehead atoms. The van der Waals surface area contributed by atoms with Gasteiger partial charge in [0.2, 0.25) is 0 Å². The number of ether oxygens (including phenoxy) is 1. The Labute approximate surface area is 107 Å². The van der Waals surface area contributed by atoms with E-state index >= 15 is 0 Å². The lowest BCUT2D eigenvalue weighted by molar-refractivity contribution is 0.0933. The van der Waals surface area contributed by atoms with E-state index in [4.69, 9.17) is 4.74 Å². The zero-order valence-electron chi connectivity index (χ0n) is 10.3. The van der Waals surface area contributed by atoms with Crippen LogP contribution in [-0.4, -0.2) is 23.4 Å². The third kappa shape index (κ3) is 3.25. The molecule has 0 aromatic heterocycles. The summed E-state index contributed by atoms with van der Waals surface area (Å²) in [6.07, 6.45) is 1.19. The molecule has 0 spiro atoms. The topological polar surface area (TPSA) is 26.3 Å². The normalized spacial score (nSPS) is 19.6. The van der Waals surface area contributed by atoms with Gasteiger partial charge >= 0.3 is 0 Å². The van der Waals surface area contributed by atoms with Crippen LogP contribution in [0.5, 0.6) is 5.75 Å². The SMILES string of the molecule is CC(C)Oc1ccc(C(=O)C2CCSC2)cc1. The van der Waals surface area contributed by atoms with Gasteiger partial charge in [0.05, 0.1) is 6.10 Å². The van der Waals surface area contributed by atoms with Crippen molar-refractivity contribution in [3.05, 3.63) is 29.8 Å². The lowest BCUT2D eigenvalue weighted by Gasteiger charge is -2.11. The van der Waals surface area contributed by atoms with Crippen molar-refractivity contribution < 1.29 is 9.53 Å². The van der Waals surface area contributed by atoms with Gasteiger partial charge in [0.25, 0.3) is 0 Å². The molecule has 1 saturated heterocycles. The summed E-state index contributed by atoms with van der Waals surface area (Å²) in [5, 5.41) is 0. The van der Waals surface area contributed by atoms with Crippen LogP contribution < -0.4 is 4.74 Å². The van der Waals surface area contributed by atoms with Crippen LogP contribution in [-0.2, 0) is 0 Å². The van der Waals surface area contributed by atoms with Crippen LogP contribution in [0.25, 0.3) is 0 Å². The van der Waals surface area contributed by atoms with Crippen molar-refractivity contribution in [2.75, 3.05) is 11.5 Å². The molecule has 1 aliphatic heterocycles. The molecule has 0 N–H and O–H groups in total. The molecule has 1 aromatic rings. The van der Waals surface area contributed by atoms with Crippen molar-refractivity contribution in [2.24, 2.45) is 5.92 Å². The van der Waals surface area contributed by atoms with E-state index in [9.17, 15) is 4.79 Å². The first-order chi connectivity index (χ1) is 8.16. The lowest BCUT2D eigenvalue weighted by atomic mass is 9.97. The second-order valence-electron chi connectivity index (χ2n) is 4.62. The average molecular weight is 250 g/mol. The van der Waals surface area contributed by atoms with Crippen molar-refractivity contribution in [3.8, 4) is 5.75 Å². The molecule has 2 nitrogen and oxygen atoms in total. The highest BCUT2D eigenvalue weighted by atomic mass is 32.2. The minimum absolute atomic E-state index is 0.169. The van der Waals surface area contributed by atoms with Gasteiger partial charge in [-0.05, 0) is 50.3 Å². The molecular weight excluding hydrogens is 232 g/mol. The molecule has 2 rings (SSSR count). The van der Waals surface area contributed by atoms with E-state index in [1.807, 2.05) is 49.9 Å². The third-order valence-corrected chi connectivity index (χ3v) is 3.97. The van der Waals surface area contributed by atoms with Crippen LogP contribution in [0.3, 0.4) is 0 Å². The molecular formula is C14H18O2S. The van der Waals surface area contributed by atoms with Crippen molar-refractivity contribution in [3.63, 3.8) is 0 Å². The Hall–Kier alpha value is -0.960. The van der Waals surface area contributed by atoms with Crippen LogP contribution in [0, 0.1) is 5.92 Å². The minimum Gasteiger partial charge on any atom is -0.491 e. The van der Waals surface area contributed by atoms with Crippen molar-refractivity contribution >= 4 is 17.5 Å². The van der Waals surface area contributed by atoms with Crippen molar-refractivity contribution in [1.29, 1.82) is 0 Å². The Bertz CT molecular complexity index is 378. The fourth-order valence-corrected chi connectivity index (χ4v) is 3.17. The number of benzene rings is 1. The van der Waals surface area contributed by atoms with Crippen LogP contribution in [0.15, 0.2) is 24.3 Å². The molecule has 1 atom stereocenters. The van der Waals surface area contributed by atoms with Gasteiger partial charge in [-0.15, -0.1) is 0 Å². The number of hydrogen-bond acceptors (Lipinski definition) is 3. The van der Waals surface area contributed by atoms with Crippen LogP contribution in [0.1, 0.15) is 30.6 Å². The van der Waals surface area contributed by atoms with Gasteiger partial charge in [0.1, 0.15) is 5.75 Å². The van der Waals surface area contributed by atoms with Gasteiger partial charge in [0, 0.05) is 17.2 Å². The van der Waals surface area contributed by atoms with E-state index in [1.54, 1.807) is 0 Å². The highest BCUT2D eigenvalue weighted by molar-refractivity contribution is 7.99. The number of hydrogen-bond donors (Lipinski definition) is 0. The molecule has 1 unspecified atom stereocenters. The summed E-state index contributed by atoms with van der Waals surface area (Å²) in [7, 11) is 0. The molecule has 1 heterocycles. The second kappa shape index (κ2) is 5.58. The van der Waals surface area contributed by atoms with Crippen LogP contribution in [0.4, 0.5) is 0 Å². The molecule has 0 aliphatic carbocycles. The van der Waals surface area contributed by atoms with Gasteiger partial charge in [-0.25, -0.2) is 0 Å². The molecule has 1 aromatic carbocycles. The van der Waals surface area contributed by atoms with E-state index in [2.05, 4.69) is 0 Å². The number of ketones is 1. The highest BCUT2D eigenvalue weighted by Gasteiger charge is 2.24. The minimum atomic E-state index is 0.169. The summed E-state index contributed by atoms with van der Waals surface area (Å²) in [5.74, 6) is 3.42. The number of thioether (sulfide) groups is 1. The van der Waals surface area contributed by atoms with E-state index < -0.39 is 0 Å². The fraction of sp³-hybridized carbons (Fsp3) is 0.500. The maximum Gasteiger partial charge on any atom is 0.166 e. The van der Waals surface area contributed by atoms with Gasteiger partial charge in [-0.3, -0.25) is 4.79 Å². The molecule has 1 aliphatic rings. The van der Waals surface area contributed by atoms with Gasteiger partial charge in [-0.1, -0.05) is 0 Å². The molecule has 0 saturated carbocycles. The maximum absolute atomic E-state index is 12.1. The van der Waals surface area contributed by atoms with Gasteiger partial charge in [0.15, 0.2) is 5.78 Å². The van der Waals surface area contributed by atoms with Crippen LogP contribution in [0.2, 0.25) is 0 Å². The quantitative estimate of drug-likeness (QED) is 0.766. The van der Waals surface area contributed by atoms with E-state index in [0.29, 0.717) is 0 Å². The molecule has 0 radical (unpaired) electrons. The Morgan fingerprint density at radius 3 is 2.59 bits per heavy atom. The Morgan fingerprint density at radius 2 is 2.06 bits per heavy atom. The fourth-order valence-electron chi connectivity index (χ4n) is 1.95. The number of rotatable bonds is 4. The zero-order chi connectivity index (χ0) is 12.3. The number of carbonyl (C=O) groups is 1. The summed E-state index contributed by atoms with van der Waals surface area (Å²) >= 11 is 1.87. The van der Waals surface area contributed by atoms with E-state index in [1.165, 1.54) is 0 Å². The first kappa shape index (κ1) is 12.5. The molecule has 3 heteroatoms. The number of carbonyl (C=O) groups excluding carboxylic acids is 1. The van der Waals surface area contributed by atoms with E-state index in [0.717, 1.165) is 29.2 Å². The first-order valence-corrected chi connectivity index (χ1v) is 7.21. The Morgan fingerprint density at radius 1 is 1.35 bits per heavy atom. The third-order valence-electron chi connectivity index (χ3n) is 2.81. The van der Waals surface area contributed by atoms with Gasteiger partial charge in [-0.2, -0.15) is 11.8 Å². The average Bonchev–Trinajstić information content (AvgIpc) is 2.82. The molecule has 1 fully saturated rings. The summed E-state index contributed by atoms with van der Waals surface area (Å²) in [6.45, 7) is 3.99. The molecule has 92 valence electrons. The maximum atomic E-state index is 12.1. The predicted molar refractivity (Wildman–Crippen MR) is 72.0 cm³/mol. The smallest absolute Gasteiger partial charge is 0.166 e. The van der Waals surface area contributed by atoms with Crippen molar-refractivity contribution in [2.45, 2.75) is 26.4 Å². The predicted octanol–water partition coefficient (Wildman–Crippen LogP) is 3.41.